The van der Waals surface area contributed by atoms with Crippen LogP contribution in [0.1, 0.15) is 5.56 Å². The Bertz CT molecular complexity index is 439. The summed E-state index contributed by atoms with van der Waals surface area (Å²) in [5.41, 5.74) is 0.809. The van der Waals surface area contributed by atoms with Crippen molar-refractivity contribution in [2.24, 2.45) is 4.99 Å². The number of pyridine rings is 1. The van der Waals surface area contributed by atoms with Gasteiger partial charge in [-0.1, -0.05) is 0 Å². The largest absolute Gasteiger partial charge is 0.417 e. The Hall–Kier alpha value is -1.92. The summed E-state index contributed by atoms with van der Waals surface area (Å²) in [4.78, 5) is 9.97. The van der Waals surface area contributed by atoms with Gasteiger partial charge in [-0.3, -0.25) is 4.99 Å². The highest BCUT2D eigenvalue weighted by atomic mass is 19.3. The van der Waals surface area contributed by atoms with E-state index in [1.54, 1.807) is 6.07 Å². The van der Waals surface area contributed by atoms with Crippen molar-refractivity contribution in [3.8, 4) is 5.88 Å². The number of halogens is 2. The Morgan fingerprint density at radius 1 is 1.56 bits per heavy atom. The second-order valence-corrected chi connectivity index (χ2v) is 3.86. The molecule has 1 aliphatic rings. The maximum atomic E-state index is 12.0. The van der Waals surface area contributed by atoms with E-state index in [4.69, 9.17) is 0 Å². The molecule has 7 heteroatoms. The first-order valence-corrected chi connectivity index (χ1v) is 5.54. The first-order valence-electron chi connectivity index (χ1n) is 5.54. The van der Waals surface area contributed by atoms with Crippen LogP contribution in [0.5, 0.6) is 5.88 Å². The molecule has 2 rings (SSSR count). The second-order valence-electron chi connectivity index (χ2n) is 3.86. The Kier molecular flexibility index (Phi) is 3.91. The van der Waals surface area contributed by atoms with Gasteiger partial charge in [-0.15, -0.1) is 0 Å². The van der Waals surface area contributed by atoms with E-state index in [1.165, 1.54) is 12.3 Å². The minimum Gasteiger partial charge on any atom is -0.417 e. The molecule has 0 aromatic carbocycles. The molecule has 0 atom stereocenters. The lowest BCUT2D eigenvalue weighted by Gasteiger charge is -2.15. The van der Waals surface area contributed by atoms with E-state index in [0.717, 1.165) is 24.6 Å². The van der Waals surface area contributed by atoms with E-state index in [0.29, 0.717) is 6.54 Å². The van der Waals surface area contributed by atoms with Crippen LogP contribution in [0, 0.1) is 0 Å². The minimum absolute atomic E-state index is 0.0778. The number of nitrogens with zero attached hydrogens (tertiary/aromatic N) is 3. The van der Waals surface area contributed by atoms with Crippen LogP contribution >= 0.6 is 0 Å². The van der Waals surface area contributed by atoms with Gasteiger partial charge >= 0.3 is 6.61 Å². The third kappa shape index (κ3) is 3.28. The first-order chi connectivity index (χ1) is 8.65. The number of guanidine groups is 1. The van der Waals surface area contributed by atoms with Gasteiger partial charge in [0.25, 0.3) is 0 Å². The lowest BCUT2D eigenvalue weighted by Crippen LogP contribution is -2.35. The average molecular weight is 256 g/mol. The Morgan fingerprint density at radius 2 is 2.39 bits per heavy atom. The number of nitrogens with one attached hydrogen (secondary N) is 1. The maximum Gasteiger partial charge on any atom is 0.388 e. The molecule has 98 valence electrons. The molecule has 1 aliphatic heterocycles. The molecule has 0 unspecified atom stereocenters. The predicted molar refractivity (Wildman–Crippen MR) is 62.6 cm³/mol. The molecule has 0 spiro atoms. The van der Waals surface area contributed by atoms with E-state index in [9.17, 15) is 8.78 Å². The fourth-order valence-electron chi connectivity index (χ4n) is 1.62. The molecule has 0 saturated heterocycles. The zero-order valence-corrected chi connectivity index (χ0v) is 9.94. The van der Waals surface area contributed by atoms with Crippen LogP contribution in [-0.2, 0) is 6.54 Å². The SMILES string of the molecule is CN1CCN=C1NCc1ccnc(OC(F)F)c1. The fourth-order valence-corrected chi connectivity index (χ4v) is 1.62. The summed E-state index contributed by atoms with van der Waals surface area (Å²) in [7, 11) is 1.94. The summed E-state index contributed by atoms with van der Waals surface area (Å²) in [6, 6.07) is 3.22. The summed E-state index contributed by atoms with van der Waals surface area (Å²) < 4.78 is 28.3. The lowest BCUT2D eigenvalue weighted by atomic mass is 10.2. The molecule has 1 aromatic heterocycles. The third-order valence-electron chi connectivity index (χ3n) is 2.52. The number of hydrogen-bond acceptors (Lipinski definition) is 5. The first kappa shape index (κ1) is 12.5. The van der Waals surface area contributed by atoms with Gasteiger partial charge in [0.15, 0.2) is 5.96 Å². The number of ether oxygens (including phenoxy) is 1. The molecule has 1 aromatic rings. The molecular weight excluding hydrogens is 242 g/mol. The zero-order valence-electron chi connectivity index (χ0n) is 9.94. The minimum atomic E-state index is -2.86. The van der Waals surface area contributed by atoms with E-state index in [-0.39, 0.29) is 5.88 Å². The van der Waals surface area contributed by atoms with Crippen molar-refractivity contribution in [1.29, 1.82) is 0 Å². The quantitative estimate of drug-likeness (QED) is 0.875. The molecule has 0 radical (unpaired) electrons. The van der Waals surface area contributed by atoms with Crippen molar-refractivity contribution in [2.45, 2.75) is 13.2 Å². The number of hydrogen-bond donors (Lipinski definition) is 1. The summed E-state index contributed by atoms with van der Waals surface area (Å²) >= 11 is 0. The number of aliphatic imine (C=N–C) groups is 1. The number of alkyl halides is 2. The van der Waals surface area contributed by atoms with Crippen LogP contribution in [0.25, 0.3) is 0 Å². The van der Waals surface area contributed by atoms with E-state index in [2.05, 4.69) is 20.0 Å². The van der Waals surface area contributed by atoms with Gasteiger partial charge in [0.1, 0.15) is 0 Å². The molecule has 5 nitrogen and oxygen atoms in total. The molecule has 0 saturated carbocycles. The second kappa shape index (κ2) is 5.61. The Balaban J connectivity index is 1.93. The van der Waals surface area contributed by atoms with Gasteiger partial charge in [-0.2, -0.15) is 8.78 Å². The van der Waals surface area contributed by atoms with Crippen molar-refractivity contribution in [1.82, 2.24) is 15.2 Å². The highest BCUT2D eigenvalue weighted by molar-refractivity contribution is 5.81. The number of likely N-dealkylation sites (N-methyl/N-ethyl adjacent to an activating group) is 1. The van der Waals surface area contributed by atoms with Gasteiger partial charge in [0.2, 0.25) is 5.88 Å². The van der Waals surface area contributed by atoms with Crippen LogP contribution < -0.4 is 10.1 Å². The van der Waals surface area contributed by atoms with Gasteiger partial charge in [0.05, 0.1) is 6.54 Å². The highest BCUT2D eigenvalue weighted by Crippen LogP contribution is 2.12. The van der Waals surface area contributed by atoms with Crippen LogP contribution in [0.15, 0.2) is 23.3 Å². The van der Waals surface area contributed by atoms with Crippen molar-refractivity contribution < 1.29 is 13.5 Å². The molecule has 1 N–H and O–H groups in total. The molecule has 0 fully saturated rings. The smallest absolute Gasteiger partial charge is 0.388 e. The van der Waals surface area contributed by atoms with Crippen molar-refractivity contribution in [3.63, 3.8) is 0 Å². The van der Waals surface area contributed by atoms with Crippen molar-refractivity contribution in [3.05, 3.63) is 23.9 Å². The average Bonchev–Trinajstić information content (AvgIpc) is 2.72. The maximum absolute atomic E-state index is 12.0. The van der Waals surface area contributed by atoms with Crippen LogP contribution in [0.4, 0.5) is 8.78 Å². The molecule has 2 heterocycles. The lowest BCUT2D eigenvalue weighted by molar-refractivity contribution is -0.0528. The van der Waals surface area contributed by atoms with Crippen molar-refractivity contribution >= 4 is 5.96 Å². The monoisotopic (exact) mass is 256 g/mol. The Morgan fingerprint density at radius 3 is 3.06 bits per heavy atom. The summed E-state index contributed by atoms with van der Waals surface area (Å²) in [5.74, 6) is 0.731. The fraction of sp³-hybridized carbons (Fsp3) is 0.455. The van der Waals surface area contributed by atoms with Gasteiger partial charge in [0, 0.05) is 32.4 Å². The third-order valence-corrected chi connectivity index (χ3v) is 2.52. The van der Waals surface area contributed by atoms with Crippen molar-refractivity contribution in [2.75, 3.05) is 20.1 Å². The van der Waals surface area contributed by atoms with Gasteiger partial charge < -0.3 is 15.0 Å². The van der Waals surface area contributed by atoms with Crippen LogP contribution in [0.3, 0.4) is 0 Å². The molecule has 18 heavy (non-hydrogen) atoms. The van der Waals surface area contributed by atoms with Crippen LogP contribution in [-0.4, -0.2) is 42.6 Å². The topological polar surface area (TPSA) is 49.8 Å². The van der Waals surface area contributed by atoms with Gasteiger partial charge in [-0.05, 0) is 11.6 Å². The molecule has 0 bridgehead atoms. The predicted octanol–water partition coefficient (Wildman–Crippen LogP) is 1.07. The molecule has 0 aliphatic carbocycles. The zero-order chi connectivity index (χ0) is 13.0. The highest BCUT2D eigenvalue weighted by Gasteiger charge is 2.11. The van der Waals surface area contributed by atoms with Gasteiger partial charge in [-0.25, -0.2) is 4.98 Å². The van der Waals surface area contributed by atoms with E-state index < -0.39 is 6.61 Å². The molecule has 0 amide bonds. The van der Waals surface area contributed by atoms with Crippen LogP contribution in [0.2, 0.25) is 0 Å². The van der Waals surface area contributed by atoms with E-state index in [1.807, 2.05) is 11.9 Å². The molecular formula is C11H14F2N4O. The Labute approximate surface area is 103 Å². The summed E-state index contributed by atoms with van der Waals surface area (Å²) in [5, 5.41) is 3.13. The number of rotatable bonds is 4. The summed E-state index contributed by atoms with van der Waals surface area (Å²) in [6.45, 7) is -0.704. The standard InChI is InChI=1S/C11H14F2N4O/c1-17-5-4-15-11(17)16-7-8-2-3-14-9(6-8)18-10(12)13/h2-3,6,10H,4-5,7H2,1H3,(H,15,16). The van der Waals surface area contributed by atoms with E-state index >= 15 is 0 Å². The summed E-state index contributed by atoms with van der Waals surface area (Å²) in [6.07, 6.45) is 1.44. The number of aromatic nitrogens is 1. The normalized spacial score (nSPS) is 14.9.